The van der Waals surface area contributed by atoms with Gasteiger partial charge in [0.25, 0.3) is 0 Å². The Bertz CT molecular complexity index is 746. The molecule has 6 heteroatoms. The van der Waals surface area contributed by atoms with Crippen LogP contribution in [-0.4, -0.2) is 44.7 Å². The van der Waals surface area contributed by atoms with Crippen LogP contribution in [-0.2, 0) is 11.3 Å². The number of nitrogens with one attached hydrogen (secondary N) is 1. The number of anilines is 1. The molecule has 6 nitrogen and oxygen atoms in total. The van der Waals surface area contributed by atoms with Gasteiger partial charge in [0, 0.05) is 18.3 Å². The standard InChI is InChI=1S/C21H28N2O4/c1-6-27-18-10-7-16(8-11-18)14-23(3)15(2)21(24)22-17-9-12-19(25-4)20(13-17)26-5/h7-13,15H,6,14H2,1-5H3,(H,22,24)/t15-/m0/s1. The fraction of sp³-hybridized carbons (Fsp3) is 0.381. The van der Waals surface area contributed by atoms with Gasteiger partial charge in [-0.05, 0) is 50.7 Å². The Morgan fingerprint density at radius 1 is 1.07 bits per heavy atom. The summed E-state index contributed by atoms with van der Waals surface area (Å²) in [7, 11) is 5.07. The highest BCUT2D eigenvalue weighted by atomic mass is 16.5. The molecule has 0 unspecified atom stereocenters. The zero-order valence-electron chi connectivity index (χ0n) is 16.6. The van der Waals surface area contributed by atoms with Gasteiger partial charge in [0.2, 0.25) is 5.91 Å². The average Bonchev–Trinajstić information content (AvgIpc) is 2.68. The second-order valence-electron chi connectivity index (χ2n) is 6.23. The lowest BCUT2D eigenvalue weighted by Crippen LogP contribution is -2.39. The second-order valence-corrected chi connectivity index (χ2v) is 6.23. The first-order valence-electron chi connectivity index (χ1n) is 8.93. The molecule has 1 N–H and O–H groups in total. The molecule has 0 saturated carbocycles. The van der Waals surface area contributed by atoms with Gasteiger partial charge in [-0.3, -0.25) is 9.69 Å². The molecule has 2 aromatic carbocycles. The first-order valence-corrected chi connectivity index (χ1v) is 8.93. The number of methoxy groups -OCH3 is 2. The Morgan fingerprint density at radius 3 is 2.33 bits per heavy atom. The summed E-state index contributed by atoms with van der Waals surface area (Å²) < 4.78 is 15.9. The van der Waals surface area contributed by atoms with Crippen molar-refractivity contribution >= 4 is 11.6 Å². The zero-order chi connectivity index (χ0) is 19.8. The molecule has 27 heavy (non-hydrogen) atoms. The molecular formula is C21H28N2O4. The van der Waals surface area contributed by atoms with Gasteiger partial charge in [-0.15, -0.1) is 0 Å². The van der Waals surface area contributed by atoms with Crippen LogP contribution in [0.15, 0.2) is 42.5 Å². The van der Waals surface area contributed by atoms with Crippen LogP contribution in [0.3, 0.4) is 0 Å². The van der Waals surface area contributed by atoms with Gasteiger partial charge in [-0.25, -0.2) is 0 Å². The predicted molar refractivity (Wildman–Crippen MR) is 107 cm³/mol. The molecule has 0 heterocycles. The van der Waals surface area contributed by atoms with Gasteiger partial charge in [0.15, 0.2) is 11.5 Å². The van der Waals surface area contributed by atoms with Crippen LogP contribution < -0.4 is 19.5 Å². The number of likely N-dealkylation sites (N-methyl/N-ethyl adjacent to an activating group) is 1. The fourth-order valence-electron chi connectivity index (χ4n) is 2.64. The van der Waals surface area contributed by atoms with Crippen molar-refractivity contribution in [3.05, 3.63) is 48.0 Å². The average molecular weight is 372 g/mol. The smallest absolute Gasteiger partial charge is 0.241 e. The molecule has 0 aliphatic heterocycles. The highest BCUT2D eigenvalue weighted by Gasteiger charge is 2.19. The first-order chi connectivity index (χ1) is 13.0. The van der Waals surface area contributed by atoms with E-state index < -0.39 is 0 Å². The van der Waals surface area contributed by atoms with Gasteiger partial charge < -0.3 is 19.5 Å². The van der Waals surface area contributed by atoms with E-state index in [0.717, 1.165) is 11.3 Å². The van der Waals surface area contributed by atoms with Crippen LogP contribution in [0.25, 0.3) is 0 Å². The summed E-state index contributed by atoms with van der Waals surface area (Å²) in [6.45, 7) is 5.14. The van der Waals surface area contributed by atoms with Gasteiger partial charge in [0.1, 0.15) is 5.75 Å². The molecule has 0 aliphatic carbocycles. The highest BCUT2D eigenvalue weighted by Crippen LogP contribution is 2.29. The molecule has 0 bridgehead atoms. The van der Waals surface area contributed by atoms with Crippen molar-refractivity contribution in [3.8, 4) is 17.2 Å². The summed E-state index contributed by atoms with van der Waals surface area (Å²) in [6, 6.07) is 12.9. The second kappa shape index (κ2) is 9.83. The predicted octanol–water partition coefficient (Wildman–Crippen LogP) is 3.56. The number of carbonyl (C=O) groups is 1. The van der Waals surface area contributed by atoms with Crippen molar-refractivity contribution in [2.45, 2.75) is 26.4 Å². The molecule has 0 saturated heterocycles. The van der Waals surface area contributed by atoms with E-state index in [9.17, 15) is 4.79 Å². The fourth-order valence-corrected chi connectivity index (χ4v) is 2.64. The molecule has 2 rings (SSSR count). The molecule has 1 atom stereocenters. The minimum Gasteiger partial charge on any atom is -0.494 e. The summed E-state index contributed by atoms with van der Waals surface area (Å²) in [6.07, 6.45) is 0. The summed E-state index contributed by atoms with van der Waals surface area (Å²) in [5.74, 6) is 1.96. The molecular weight excluding hydrogens is 344 g/mol. The van der Waals surface area contributed by atoms with E-state index in [4.69, 9.17) is 14.2 Å². The van der Waals surface area contributed by atoms with E-state index >= 15 is 0 Å². The first kappa shape index (κ1) is 20.6. The molecule has 0 spiro atoms. The molecule has 0 aliphatic rings. The number of nitrogens with zero attached hydrogens (tertiary/aromatic N) is 1. The maximum Gasteiger partial charge on any atom is 0.241 e. The number of ether oxygens (including phenoxy) is 3. The minimum atomic E-state index is -0.301. The molecule has 2 aromatic rings. The third-order valence-electron chi connectivity index (χ3n) is 4.36. The van der Waals surface area contributed by atoms with Crippen molar-refractivity contribution in [2.24, 2.45) is 0 Å². The van der Waals surface area contributed by atoms with E-state index in [2.05, 4.69) is 5.32 Å². The number of carbonyl (C=O) groups excluding carboxylic acids is 1. The van der Waals surface area contributed by atoms with Gasteiger partial charge >= 0.3 is 0 Å². The molecule has 0 radical (unpaired) electrons. The molecule has 1 amide bonds. The highest BCUT2D eigenvalue weighted by molar-refractivity contribution is 5.94. The van der Waals surface area contributed by atoms with Gasteiger partial charge in [-0.1, -0.05) is 12.1 Å². The largest absolute Gasteiger partial charge is 0.494 e. The number of hydrogen-bond acceptors (Lipinski definition) is 5. The zero-order valence-corrected chi connectivity index (χ0v) is 16.6. The van der Waals surface area contributed by atoms with Crippen molar-refractivity contribution in [2.75, 3.05) is 33.2 Å². The summed E-state index contributed by atoms with van der Waals surface area (Å²) in [4.78, 5) is 14.6. The Morgan fingerprint density at radius 2 is 1.74 bits per heavy atom. The Kier molecular flexibility index (Phi) is 7.49. The van der Waals surface area contributed by atoms with Gasteiger partial charge in [0.05, 0.1) is 26.9 Å². The molecule has 0 aromatic heterocycles. The summed E-state index contributed by atoms with van der Waals surface area (Å²) >= 11 is 0. The molecule has 146 valence electrons. The van der Waals surface area contributed by atoms with Crippen molar-refractivity contribution < 1.29 is 19.0 Å². The Balaban J connectivity index is 1.97. The minimum absolute atomic E-state index is 0.0874. The van der Waals surface area contributed by atoms with Crippen LogP contribution in [0.2, 0.25) is 0 Å². The summed E-state index contributed by atoms with van der Waals surface area (Å²) in [5, 5.41) is 2.92. The normalized spacial score (nSPS) is 11.8. The van der Waals surface area contributed by atoms with E-state index in [1.54, 1.807) is 32.4 Å². The third kappa shape index (κ3) is 5.62. The van der Waals surface area contributed by atoms with Gasteiger partial charge in [-0.2, -0.15) is 0 Å². The summed E-state index contributed by atoms with van der Waals surface area (Å²) in [5.41, 5.74) is 1.78. The van der Waals surface area contributed by atoms with E-state index in [-0.39, 0.29) is 11.9 Å². The lowest BCUT2D eigenvalue weighted by molar-refractivity contribution is -0.120. The lowest BCUT2D eigenvalue weighted by Gasteiger charge is -2.24. The van der Waals surface area contributed by atoms with Crippen LogP contribution in [0, 0.1) is 0 Å². The Labute approximate surface area is 161 Å². The third-order valence-corrected chi connectivity index (χ3v) is 4.36. The Hall–Kier alpha value is -2.73. The number of benzene rings is 2. The van der Waals surface area contributed by atoms with E-state index in [1.165, 1.54) is 0 Å². The number of rotatable bonds is 9. The van der Waals surface area contributed by atoms with Crippen LogP contribution >= 0.6 is 0 Å². The molecule has 0 fully saturated rings. The lowest BCUT2D eigenvalue weighted by atomic mass is 10.1. The van der Waals surface area contributed by atoms with E-state index in [1.807, 2.05) is 50.1 Å². The van der Waals surface area contributed by atoms with Crippen molar-refractivity contribution in [3.63, 3.8) is 0 Å². The van der Waals surface area contributed by atoms with E-state index in [0.29, 0.717) is 30.3 Å². The van der Waals surface area contributed by atoms with Crippen LogP contribution in [0.5, 0.6) is 17.2 Å². The van der Waals surface area contributed by atoms with Crippen LogP contribution in [0.1, 0.15) is 19.4 Å². The number of amides is 1. The van der Waals surface area contributed by atoms with Crippen LogP contribution in [0.4, 0.5) is 5.69 Å². The quantitative estimate of drug-likeness (QED) is 0.729. The number of hydrogen-bond donors (Lipinski definition) is 1. The maximum atomic E-state index is 12.6. The van der Waals surface area contributed by atoms with Crippen molar-refractivity contribution in [1.29, 1.82) is 0 Å². The SMILES string of the molecule is CCOc1ccc(CN(C)[C@@H](C)C(=O)Nc2ccc(OC)c(OC)c2)cc1. The monoisotopic (exact) mass is 372 g/mol. The topological polar surface area (TPSA) is 60.0 Å². The van der Waals surface area contributed by atoms with Crippen molar-refractivity contribution in [1.82, 2.24) is 4.90 Å². The maximum absolute atomic E-state index is 12.6.